The fraction of sp³-hybridized carbons (Fsp3) is 0.381. The van der Waals surface area contributed by atoms with Gasteiger partial charge in [-0.15, -0.1) is 0 Å². The lowest BCUT2D eigenvalue weighted by atomic mass is 10.1. The summed E-state index contributed by atoms with van der Waals surface area (Å²) in [7, 11) is -3.83. The molecular formula is C21H26N4O4S. The molecule has 160 valence electrons. The van der Waals surface area contributed by atoms with E-state index >= 15 is 0 Å². The highest BCUT2D eigenvalue weighted by molar-refractivity contribution is 7.89. The number of anilines is 1. The van der Waals surface area contributed by atoms with Gasteiger partial charge in [-0.05, 0) is 56.9 Å². The van der Waals surface area contributed by atoms with E-state index in [1.807, 2.05) is 19.1 Å². The van der Waals surface area contributed by atoms with Gasteiger partial charge in [-0.3, -0.25) is 14.6 Å². The number of carbonyl (C=O) groups is 2. The Labute approximate surface area is 176 Å². The van der Waals surface area contributed by atoms with E-state index in [0.717, 1.165) is 5.56 Å². The van der Waals surface area contributed by atoms with Crippen LogP contribution in [-0.2, 0) is 19.6 Å². The molecule has 1 saturated heterocycles. The molecule has 3 rings (SSSR count). The maximum atomic E-state index is 13.3. The van der Waals surface area contributed by atoms with Gasteiger partial charge in [-0.2, -0.15) is 4.31 Å². The summed E-state index contributed by atoms with van der Waals surface area (Å²) in [6.45, 7) is 5.47. The van der Waals surface area contributed by atoms with Gasteiger partial charge < -0.3 is 10.6 Å². The normalized spacial score (nSPS) is 17.0. The van der Waals surface area contributed by atoms with E-state index < -0.39 is 27.9 Å². The Morgan fingerprint density at radius 2 is 1.90 bits per heavy atom. The first-order chi connectivity index (χ1) is 14.2. The van der Waals surface area contributed by atoms with E-state index in [1.165, 1.54) is 10.5 Å². The number of carbonyl (C=O) groups excluding carboxylic acids is 2. The molecule has 1 aliphatic heterocycles. The molecule has 0 bridgehead atoms. The van der Waals surface area contributed by atoms with E-state index in [1.54, 1.807) is 32.2 Å². The topological polar surface area (TPSA) is 108 Å². The van der Waals surface area contributed by atoms with Crippen molar-refractivity contribution in [3.05, 3.63) is 53.3 Å². The smallest absolute Gasteiger partial charge is 0.244 e. The van der Waals surface area contributed by atoms with Crippen LogP contribution < -0.4 is 10.6 Å². The number of hydrogen-bond acceptors (Lipinski definition) is 5. The van der Waals surface area contributed by atoms with Crippen LogP contribution in [0.15, 0.2) is 41.6 Å². The van der Waals surface area contributed by atoms with Crippen molar-refractivity contribution in [1.82, 2.24) is 14.6 Å². The number of sulfonamides is 1. The third-order valence-electron chi connectivity index (χ3n) is 5.05. The zero-order valence-electron chi connectivity index (χ0n) is 17.3. The van der Waals surface area contributed by atoms with Crippen molar-refractivity contribution in [1.29, 1.82) is 0 Å². The first-order valence-electron chi connectivity index (χ1n) is 9.77. The van der Waals surface area contributed by atoms with Gasteiger partial charge >= 0.3 is 0 Å². The molecule has 0 radical (unpaired) electrons. The summed E-state index contributed by atoms with van der Waals surface area (Å²) in [5.41, 5.74) is 2.83. The molecule has 8 nitrogen and oxygen atoms in total. The third-order valence-corrected chi connectivity index (χ3v) is 7.26. The van der Waals surface area contributed by atoms with Gasteiger partial charge in [0.1, 0.15) is 6.04 Å². The highest BCUT2D eigenvalue weighted by Crippen LogP contribution is 2.30. The highest BCUT2D eigenvalue weighted by atomic mass is 32.2. The molecule has 2 amide bonds. The minimum atomic E-state index is -3.83. The number of amides is 2. The summed E-state index contributed by atoms with van der Waals surface area (Å²) in [5.74, 6) is -0.881. The minimum absolute atomic E-state index is 0.249. The van der Waals surface area contributed by atoms with Gasteiger partial charge in [-0.25, -0.2) is 8.42 Å². The molecule has 1 aromatic heterocycles. The fourth-order valence-corrected chi connectivity index (χ4v) is 5.98. The lowest BCUT2D eigenvalue weighted by Crippen LogP contribution is -2.47. The van der Waals surface area contributed by atoms with Gasteiger partial charge in [0.05, 0.1) is 23.3 Å². The average Bonchev–Trinajstić information content (AvgIpc) is 3.17. The van der Waals surface area contributed by atoms with Crippen LogP contribution in [0.3, 0.4) is 0 Å². The van der Waals surface area contributed by atoms with Crippen LogP contribution in [0.2, 0.25) is 0 Å². The molecule has 2 N–H and O–H groups in total. The van der Waals surface area contributed by atoms with E-state index in [9.17, 15) is 18.0 Å². The van der Waals surface area contributed by atoms with Crippen molar-refractivity contribution in [2.45, 2.75) is 44.6 Å². The van der Waals surface area contributed by atoms with Crippen molar-refractivity contribution >= 4 is 27.5 Å². The van der Waals surface area contributed by atoms with Crippen molar-refractivity contribution in [3.8, 4) is 0 Å². The Morgan fingerprint density at radius 1 is 1.20 bits per heavy atom. The number of hydrogen-bond donors (Lipinski definition) is 2. The molecule has 9 heteroatoms. The molecule has 30 heavy (non-hydrogen) atoms. The Morgan fingerprint density at radius 3 is 2.53 bits per heavy atom. The lowest BCUT2D eigenvalue weighted by Gasteiger charge is -2.25. The first kappa shape index (κ1) is 21.9. The molecule has 1 aromatic carbocycles. The second kappa shape index (κ2) is 8.93. The molecule has 0 spiro atoms. The second-order valence-electron chi connectivity index (χ2n) is 7.51. The van der Waals surface area contributed by atoms with Crippen molar-refractivity contribution in [3.63, 3.8) is 0 Å². The SMILES string of the molecule is Cc1cc(C)c(S(=O)(=O)N2CCCC2C(=O)NCC(=O)Nc2cccnc2)c(C)c1. The molecule has 1 unspecified atom stereocenters. The number of aryl methyl sites for hydroxylation is 3. The summed E-state index contributed by atoms with van der Waals surface area (Å²) >= 11 is 0. The Kier molecular flexibility index (Phi) is 6.52. The van der Waals surface area contributed by atoms with Gasteiger partial charge in [0.15, 0.2) is 0 Å². The van der Waals surface area contributed by atoms with Gasteiger partial charge in [-0.1, -0.05) is 17.7 Å². The zero-order valence-corrected chi connectivity index (χ0v) is 18.1. The summed E-state index contributed by atoms with van der Waals surface area (Å²) in [6.07, 6.45) is 4.09. The Hall–Kier alpha value is -2.78. The third kappa shape index (κ3) is 4.68. The maximum absolute atomic E-state index is 13.3. The number of benzene rings is 1. The van der Waals surface area contributed by atoms with Gasteiger partial charge in [0.25, 0.3) is 0 Å². The quantitative estimate of drug-likeness (QED) is 0.728. The van der Waals surface area contributed by atoms with Crippen LogP contribution >= 0.6 is 0 Å². The molecule has 0 saturated carbocycles. The van der Waals surface area contributed by atoms with Crippen molar-refractivity contribution < 1.29 is 18.0 Å². The fourth-order valence-electron chi connectivity index (χ4n) is 3.91. The second-order valence-corrected chi connectivity index (χ2v) is 9.34. The predicted octanol–water partition coefficient (Wildman–Crippen LogP) is 1.91. The molecule has 1 atom stereocenters. The minimum Gasteiger partial charge on any atom is -0.346 e. The number of aromatic nitrogens is 1. The predicted molar refractivity (Wildman–Crippen MR) is 113 cm³/mol. The lowest BCUT2D eigenvalue weighted by molar-refractivity contribution is -0.126. The monoisotopic (exact) mass is 430 g/mol. The first-order valence-corrected chi connectivity index (χ1v) is 11.2. The molecule has 0 aliphatic carbocycles. The van der Waals surface area contributed by atoms with E-state index in [4.69, 9.17) is 0 Å². The van der Waals surface area contributed by atoms with Gasteiger partial charge in [0, 0.05) is 12.7 Å². The molecule has 2 heterocycles. The van der Waals surface area contributed by atoms with Crippen LogP contribution in [-0.4, -0.2) is 48.7 Å². The Balaban J connectivity index is 1.70. The van der Waals surface area contributed by atoms with E-state index in [-0.39, 0.29) is 18.0 Å². The number of nitrogens with zero attached hydrogens (tertiary/aromatic N) is 2. The van der Waals surface area contributed by atoms with Crippen molar-refractivity contribution in [2.75, 3.05) is 18.4 Å². The van der Waals surface area contributed by atoms with Crippen LogP contribution in [0, 0.1) is 20.8 Å². The summed E-state index contributed by atoms with van der Waals surface area (Å²) in [4.78, 5) is 28.9. The van der Waals surface area contributed by atoms with Gasteiger partial charge in [0.2, 0.25) is 21.8 Å². The van der Waals surface area contributed by atoms with Crippen LogP contribution in [0.25, 0.3) is 0 Å². The Bertz CT molecular complexity index is 1030. The summed E-state index contributed by atoms with van der Waals surface area (Å²) < 4.78 is 27.9. The van der Waals surface area contributed by atoms with Crippen molar-refractivity contribution in [2.24, 2.45) is 0 Å². The van der Waals surface area contributed by atoms with E-state index in [2.05, 4.69) is 15.6 Å². The van der Waals surface area contributed by atoms with Crippen LogP contribution in [0.4, 0.5) is 5.69 Å². The van der Waals surface area contributed by atoms with Crippen LogP contribution in [0.1, 0.15) is 29.5 Å². The zero-order chi connectivity index (χ0) is 21.9. The molecule has 1 fully saturated rings. The number of rotatable bonds is 6. The molecule has 2 aromatic rings. The van der Waals surface area contributed by atoms with Crippen LogP contribution in [0.5, 0.6) is 0 Å². The molecular weight excluding hydrogens is 404 g/mol. The summed E-state index contributed by atoms with van der Waals surface area (Å²) in [6, 6.07) is 6.19. The standard InChI is InChI=1S/C21H26N4O4S/c1-14-10-15(2)20(16(3)11-14)30(28,29)25-9-5-7-18(25)21(27)23-13-19(26)24-17-6-4-8-22-12-17/h4,6,8,10-12,18H,5,7,9,13H2,1-3H3,(H,23,27)(H,24,26). The maximum Gasteiger partial charge on any atom is 0.244 e. The number of nitrogens with one attached hydrogen (secondary N) is 2. The highest BCUT2D eigenvalue weighted by Gasteiger charge is 2.40. The van der Waals surface area contributed by atoms with E-state index in [0.29, 0.717) is 29.7 Å². The average molecular weight is 431 g/mol. The molecule has 1 aliphatic rings. The number of pyridine rings is 1. The summed E-state index contributed by atoms with van der Waals surface area (Å²) in [5, 5.41) is 5.19. The largest absolute Gasteiger partial charge is 0.346 e.